The molecule has 1 N–H and O–H groups in total. The number of thioether (sulfide) groups is 1. The Hall–Kier alpha value is -2.49. The van der Waals surface area contributed by atoms with Crippen molar-refractivity contribution < 1.29 is 4.74 Å². The average Bonchev–Trinajstić information content (AvgIpc) is 2.88. The van der Waals surface area contributed by atoms with Crippen LogP contribution in [-0.2, 0) is 6.42 Å². The normalized spacial score (nSPS) is 12.4. The molecule has 3 aromatic rings. The van der Waals surface area contributed by atoms with E-state index in [0.717, 1.165) is 42.3 Å². The molecule has 0 atom stereocenters. The maximum Gasteiger partial charge on any atom is 0.135 e. The van der Waals surface area contributed by atoms with Gasteiger partial charge in [0.25, 0.3) is 0 Å². The van der Waals surface area contributed by atoms with Gasteiger partial charge in [0, 0.05) is 28.3 Å². The van der Waals surface area contributed by atoms with Crippen LogP contribution in [0.25, 0.3) is 11.0 Å². The van der Waals surface area contributed by atoms with E-state index in [1.165, 1.54) is 16.0 Å². The Morgan fingerprint density at radius 1 is 0.741 bits per heavy atom. The molecule has 1 aliphatic rings. The van der Waals surface area contributed by atoms with Gasteiger partial charge in [0.15, 0.2) is 0 Å². The zero-order valence-corrected chi connectivity index (χ0v) is 16.0. The summed E-state index contributed by atoms with van der Waals surface area (Å²) in [5, 5.41) is 3.55. The van der Waals surface area contributed by atoms with E-state index >= 15 is 0 Å². The summed E-state index contributed by atoms with van der Waals surface area (Å²) in [5.41, 5.74) is 3.68. The highest BCUT2D eigenvalue weighted by atomic mass is 32.2. The van der Waals surface area contributed by atoms with E-state index in [-0.39, 0.29) is 0 Å². The molecule has 0 bridgehead atoms. The quantitative estimate of drug-likeness (QED) is 0.525. The third-order valence-electron chi connectivity index (χ3n) is 4.55. The topological polar surface area (TPSA) is 21.3 Å². The van der Waals surface area contributed by atoms with E-state index in [4.69, 9.17) is 4.74 Å². The van der Waals surface area contributed by atoms with Crippen LogP contribution < -0.4 is 10.1 Å². The molecule has 0 spiro atoms. The highest BCUT2D eigenvalue weighted by molar-refractivity contribution is 8.08. The number of hydrogen-bond donors (Lipinski definition) is 1. The molecule has 0 saturated heterocycles. The fourth-order valence-electron chi connectivity index (χ4n) is 3.14. The molecule has 4 rings (SSSR count). The van der Waals surface area contributed by atoms with Gasteiger partial charge in [-0.05, 0) is 36.7 Å². The van der Waals surface area contributed by atoms with E-state index in [2.05, 4.69) is 66.0 Å². The zero-order chi connectivity index (χ0) is 18.3. The summed E-state index contributed by atoms with van der Waals surface area (Å²) >= 11 is 1.88. The van der Waals surface area contributed by atoms with Gasteiger partial charge in [-0.25, -0.2) is 0 Å². The van der Waals surface area contributed by atoms with Crippen LogP contribution in [0.15, 0.2) is 78.9 Å². The van der Waals surface area contributed by atoms with Crippen LogP contribution in [0.2, 0.25) is 0 Å². The number of hydrogen-bond acceptors (Lipinski definition) is 3. The Bertz CT molecular complexity index is 920. The Balaban J connectivity index is 1.37. The smallest absolute Gasteiger partial charge is 0.135 e. The number of fused-ring (bicyclic) bond motifs is 2. The molecule has 0 radical (unpaired) electrons. The van der Waals surface area contributed by atoms with Crippen molar-refractivity contribution >= 4 is 22.7 Å². The van der Waals surface area contributed by atoms with Gasteiger partial charge in [-0.15, -0.1) is 11.8 Å². The number of benzene rings is 3. The number of ether oxygens (including phenoxy) is 1. The van der Waals surface area contributed by atoms with Crippen molar-refractivity contribution in [1.82, 2.24) is 5.32 Å². The first-order valence-corrected chi connectivity index (χ1v) is 10.3. The summed E-state index contributed by atoms with van der Waals surface area (Å²) in [6, 6.07) is 27.1. The van der Waals surface area contributed by atoms with Crippen LogP contribution >= 0.6 is 11.8 Å². The first kappa shape index (κ1) is 17.9. The van der Waals surface area contributed by atoms with Crippen molar-refractivity contribution in [2.75, 3.05) is 18.8 Å². The van der Waals surface area contributed by atoms with Crippen molar-refractivity contribution in [3.05, 3.63) is 95.6 Å². The molecule has 27 heavy (non-hydrogen) atoms. The maximum absolute atomic E-state index is 6.15. The lowest BCUT2D eigenvalue weighted by Crippen LogP contribution is -2.20. The molecule has 3 aromatic carbocycles. The standard InChI is InChI=1S/C24H23NOS/c1-2-8-19(9-3-1)14-15-25-16-17-27-24-18-20-10-4-6-12-22(20)26-23-13-7-5-11-21(23)24/h1-13,18,25H,14-17H2. The van der Waals surface area contributed by atoms with Crippen molar-refractivity contribution in [3.8, 4) is 11.5 Å². The highest BCUT2D eigenvalue weighted by Crippen LogP contribution is 2.42. The highest BCUT2D eigenvalue weighted by Gasteiger charge is 2.16. The minimum Gasteiger partial charge on any atom is -0.456 e. The monoisotopic (exact) mass is 373 g/mol. The summed E-state index contributed by atoms with van der Waals surface area (Å²) in [6.45, 7) is 1.99. The van der Waals surface area contributed by atoms with Crippen LogP contribution in [0, 0.1) is 0 Å². The lowest BCUT2D eigenvalue weighted by Gasteiger charge is -2.11. The molecule has 1 heterocycles. The first-order valence-electron chi connectivity index (χ1n) is 9.35. The fourth-order valence-corrected chi connectivity index (χ4v) is 4.15. The van der Waals surface area contributed by atoms with Gasteiger partial charge in [-0.2, -0.15) is 0 Å². The van der Waals surface area contributed by atoms with Gasteiger partial charge in [0.1, 0.15) is 11.5 Å². The van der Waals surface area contributed by atoms with E-state index in [1.54, 1.807) is 0 Å². The summed E-state index contributed by atoms with van der Waals surface area (Å²) < 4.78 is 6.15. The fraction of sp³-hybridized carbons (Fsp3) is 0.167. The number of nitrogens with one attached hydrogen (secondary N) is 1. The van der Waals surface area contributed by atoms with Crippen LogP contribution in [0.4, 0.5) is 0 Å². The van der Waals surface area contributed by atoms with Gasteiger partial charge in [0.05, 0.1) is 0 Å². The van der Waals surface area contributed by atoms with Gasteiger partial charge in [-0.1, -0.05) is 66.7 Å². The molecule has 1 aliphatic heterocycles. The second kappa shape index (κ2) is 8.94. The average molecular weight is 374 g/mol. The van der Waals surface area contributed by atoms with Crippen LogP contribution in [0.1, 0.15) is 16.7 Å². The third kappa shape index (κ3) is 4.62. The van der Waals surface area contributed by atoms with Gasteiger partial charge in [0.2, 0.25) is 0 Å². The number of para-hydroxylation sites is 2. The van der Waals surface area contributed by atoms with Gasteiger partial charge in [-0.3, -0.25) is 0 Å². The van der Waals surface area contributed by atoms with E-state index in [0.29, 0.717) is 0 Å². The van der Waals surface area contributed by atoms with E-state index in [1.807, 2.05) is 36.0 Å². The zero-order valence-electron chi connectivity index (χ0n) is 15.2. The largest absolute Gasteiger partial charge is 0.456 e. The second-order valence-electron chi connectivity index (χ2n) is 6.48. The molecule has 0 fully saturated rings. The second-order valence-corrected chi connectivity index (χ2v) is 7.62. The molecule has 3 heteroatoms. The van der Waals surface area contributed by atoms with Crippen LogP contribution in [0.3, 0.4) is 0 Å². The molecule has 0 unspecified atom stereocenters. The summed E-state index contributed by atoms with van der Waals surface area (Å²) in [7, 11) is 0. The third-order valence-corrected chi connectivity index (χ3v) is 5.60. The maximum atomic E-state index is 6.15. The lowest BCUT2D eigenvalue weighted by molar-refractivity contribution is 0.481. The molecular formula is C24H23NOS. The van der Waals surface area contributed by atoms with Gasteiger partial charge >= 0.3 is 0 Å². The molecule has 0 saturated carbocycles. The van der Waals surface area contributed by atoms with E-state index in [9.17, 15) is 0 Å². The van der Waals surface area contributed by atoms with Crippen molar-refractivity contribution in [3.63, 3.8) is 0 Å². The molecule has 2 nitrogen and oxygen atoms in total. The van der Waals surface area contributed by atoms with Crippen molar-refractivity contribution in [2.45, 2.75) is 6.42 Å². The predicted molar refractivity (Wildman–Crippen MR) is 116 cm³/mol. The summed E-state index contributed by atoms with van der Waals surface area (Å²) in [6.07, 6.45) is 3.31. The van der Waals surface area contributed by atoms with Crippen molar-refractivity contribution in [1.29, 1.82) is 0 Å². The Labute approximate surface area is 165 Å². The molecule has 136 valence electrons. The van der Waals surface area contributed by atoms with Crippen LogP contribution in [0.5, 0.6) is 11.5 Å². The van der Waals surface area contributed by atoms with Crippen molar-refractivity contribution in [2.24, 2.45) is 0 Å². The number of rotatable bonds is 7. The molecule has 0 aliphatic carbocycles. The Kier molecular flexibility index (Phi) is 5.92. The minimum absolute atomic E-state index is 0.918. The minimum atomic E-state index is 0.918. The predicted octanol–water partition coefficient (Wildman–Crippen LogP) is 5.86. The molecule has 0 aromatic heterocycles. The lowest BCUT2D eigenvalue weighted by atomic mass is 10.1. The molecular weight excluding hydrogens is 350 g/mol. The summed E-state index contributed by atoms with van der Waals surface area (Å²) in [4.78, 5) is 1.26. The first-order chi connectivity index (χ1) is 13.4. The Morgan fingerprint density at radius 2 is 1.48 bits per heavy atom. The SMILES string of the molecule is C1=C(SCCNCCc2ccccc2)c2ccccc2Oc2ccccc21. The summed E-state index contributed by atoms with van der Waals surface area (Å²) in [5.74, 6) is 2.87. The van der Waals surface area contributed by atoms with Gasteiger partial charge < -0.3 is 10.1 Å². The van der Waals surface area contributed by atoms with E-state index < -0.39 is 0 Å². The molecule has 0 amide bonds. The van der Waals surface area contributed by atoms with Crippen LogP contribution in [-0.4, -0.2) is 18.8 Å². The Morgan fingerprint density at radius 3 is 2.37 bits per heavy atom.